The predicted octanol–water partition coefficient (Wildman–Crippen LogP) is 4.96. The van der Waals surface area contributed by atoms with Gasteiger partial charge in [-0.25, -0.2) is 4.79 Å². The van der Waals surface area contributed by atoms with Crippen LogP contribution in [0.3, 0.4) is 0 Å². The van der Waals surface area contributed by atoms with Crippen molar-refractivity contribution in [3.05, 3.63) is 71.3 Å². The number of amides is 3. The Morgan fingerprint density at radius 2 is 1.71 bits per heavy atom. The molecule has 38 heavy (non-hydrogen) atoms. The number of terminal acetylenes is 1. The Labute approximate surface area is 226 Å². The maximum Gasteiger partial charge on any atom is 0.408 e. The summed E-state index contributed by atoms with van der Waals surface area (Å²) in [7, 11) is 0. The van der Waals surface area contributed by atoms with Gasteiger partial charge in [-0.2, -0.15) is 0 Å². The van der Waals surface area contributed by atoms with Gasteiger partial charge >= 0.3 is 6.09 Å². The molecular formula is C31H39N3O4. The summed E-state index contributed by atoms with van der Waals surface area (Å²) in [5.74, 6) is 1.83. The maximum absolute atomic E-state index is 14.2. The van der Waals surface area contributed by atoms with Crippen molar-refractivity contribution in [2.75, 3.05) is 0 Å². The van der Waals surface area contributed by atoms with Crippen LogP contribution < -0.4 is 10.6 Å². The van der Waals surface area contributed by atoms with E-state index < -0.39 is 23.8 Å². The number of rotatable bonds is 10. The molecular weight excluding hydrogens is 478 g/mol. The number of hydrogen-bond acceptors (Lipinski definition) is 4. The molecule has 0 aromatic heterocycles. The molecule has 0 saturated heterocycles. The second-order valence-electron chi connectivity index (χ2n) is 10.9. The third kappa shape index (κ3) is 7.85. The zero-order valence-electron chi connectivity index (χ0n) is 23.0. The SMILES string of the molecule is C#Cc1ccc(C(C(=O)NCc2ccccc2)N(C(=O)C(NC(=O)OC(C)(C)C)C(C)CC)C2CC2)cc1. The van der Waals surface area contributed by atoms with Gasteiger partial charge in [-0.05, 0) is 62.8 Å². The van der Waals surface area contributed by atoms with E-state index in [0.717, 1.165) is 18.4 Å². The van der Waals surface area contributed by atoms with E-state index in [9.17, 15) is 14.4 Å². The standard InChI is InChI=1S/C31H39N3O4/c1-7-21(3)26(33-30(37)38-31(4,5)6)29(36)34(25-18-19-25)27(24-16-14-22(8-2)15-17-24)28(35)32-20-23-12-10-9-11-13-23/h2,9-17,21,25-27H,7,18-20H2,1,3-6H3,(H,32,35)(H,33,37). The first-order chi connectivity index (χ1) is 18.0. The minimum absolute atomic E-state index is 0.103. The molecule has 0 radical (unpaired) electrons. The molecule has 3 atom stereocenters. The Hall–Kier alpha value is -3.79. The van der Waals surface area contributed by atoms with Gasteiger partial charge < -0.3 is 20.3 Å². The van der Waals surface area contributed by atoms with Gasteiger partial charge in [0.25, 0.3) is 0 Å². The average molecular weight is 518 g/mol. The monoisotopic (exact) mass is 517 g/mol. The van der Waals surface area contributed by atoms with Crippen molar-refractivity contribution in [2.45, 2.75) is 84.2 Å². The van der Waals surface area contributed by atoms with Crippen LogP contribution in [-0.2, 0) is 20.9 Å². The molecule has 2 aromatic carbocycles. The molecule has 202 valence electrons. The summed E-state index contributed by atoms with van der Waals surface area (Å²) in [5.41, 5.74) is 1.60. The van der Waals surface area contributed by atoms with Crippen LogP contribution in [0.2, 0.25) is 0 Å². The molecule has 0 spiro atoms. The molecule has 3 amide bonds. The van der Waals surface area contributed by atoms with Crippen molar-refractivity contribution in [1.29, 1.82) is 0 Å². The normalized spacial score (nSPS) is 15.4. The van der Waals surface area contributed by atoms with E-state index in [-0.39, 0.29) is 23.8 Å². The number of benzene rings is 2. The van der Waals surface area contributed by atoms with Crippen LogP contribution in [0.4, 0.5) is 4.79 Å². The van der Waals surface area contributed by atoms with Crippen molar-refractivity contribution in [2.24, 2.45) is 5.92 Å². The summed E-state index contributed by atoms with van der Waals surface area (Å²) < 4.78 is 5.46. The van der Waals surface area contributed by atoms with Crippen molar-refractivity contribution in [3.63, 3.8) is 0 Å². The van der Waals surface area contributed by atoms with E-state index in [1.807, 2.05) is 44.2 Å². The van der Waals surface area contributed by atoms with Crippen LogP contribution in [-0.4, -0.2) is 40.5 Å². The molecule has 0 aliphatic heterocycles. The quantitative estimate of drug-likeness (QED) is 0.436. The second kappa shape index (κ2) is 12.6. The zero-order chi connectivity index (χ0) is 27.9. The molecule has 0 bridgehead atoms. The highest BCUT2D eigenvalue weighted by Gasteiger charge is 2.45. The van der Waals surface area contributed by atoms with Gasteiger partial charge in [0.1, 0.15) is 17.7 Å². The van der Waals surface area contributed by atoms with Gasteiger partial charge in [0, 0.05) is 18.2 Å². The average Bonchev–Trinajstić information content (AvgIpc) is 3.73. The largest absolute Gasteiger partial charge is 0.444 e. The number of ether oxygens (including phenoxy) is 1. The van der Waals surface area contributed by atoms with Crippen LogP contribution in [0.1, 0.15) is 76.6 Å². The first kappa shape index (κ1) is 28.8. The summed E-state index contributed by atoms with van der Waals surface area (Å²) in [6.07, 6.45) is 7.12. The van der Waals surface area contributed by atoms with E-state index >= 15 is 0 Å². The minimum Gasteiger partial charge on any atom is -0.444 e. The predicted molar refractivity (Wildman–Crippen MR) is 148 cm³/mol. The number of nitrogens with one attached hydrogen (secondary N) is 2. The molecule has 7 heteroatoms. The van der Waals surface area contributed by atoms with Crippen molar-refractivity contribution in [3.8, 4) is 12.3 Å². The van der Waals surface area contributed by atoms with Crippen LogP contribution in [0.5, 0.6) is 0 Å². The lowest BCUT2D eigenvalue weighted by Gasteiger charge is -2.36. The molecule has 1 aliphatic rings. The highest BCUT2D eigenvalue weighted by atomic mass is 16.6. The maximum atomic E-state index is 14.2. The third-order valence-corrected chi connectivity index (χ3v) is 6.58. The lowest BCUT2D eigenvalue weighted by atomic mass is 9.95. The molecule has 0 heterocycles. The fourth-order valence-electron chi connectivity index (χ4n) is 4.23. The van der Waals surface area contributed by atoms with Gasteiger partial charge in [-0.1, -0.05) is 68.7 Å². The molecule has 3 rings (SSSR count). The second-order valence-corrected chi connectivity index (χ2v) is 10.9. The van der Waals surface area contributed by atoms with Gasteiger partial charge in [0.05, 0.1) is 0 Å². The van der Waals surface area contributed by atoms with Crippen molar-refractivity contribution >= 4 is 17.9 Å². The fraction of sp³-hybridized carbons (Fsp3) is 0.452. The summed E-state index contributed by atoms with van der Waals surface area (Å²) >= 11 is 0. The Balaban J connectivity index is 1.95. The Morgan fingerprint density at radius 3 is 2.24 bits per heavy atom. The molecule has 2 aromatic rings. The third-order valence-electron chi connectivity index (χ3n) is 6.58. The topological polar surface area (TPSA) is 87.7 Å². The van der Waals surface area contributed by atoms with Gasteiger partial charge in [-0.15, -0.1) is 6.42 Å². The number of carbonyl (C=O) groups excluding carboxylic acids is 3. The van der Waals surface area contributed by atoms with E-state index in [4.69, 9.17) is 11.2 Å². The van der Waals surface area contributed by atoms with Gasteiger partial charge in [0.15, 0.2) is 0 Å². The van der Waals surface area contributed by atoms with Crippen molar-refractivity contribution < 1.29 is 19.1 Å². The van der Waals surface area contributed by atoms with Gasteiger partial charge in [0.2, 0.25) is 11.8 Å². The fourth-order valence-corrected chi connectivity index (χ4v) is 4.23. The Kier molecular flexibility index (Phi) is 9.57. The molecule has 1 aliphatic carbocycles. The summed E-state index contributed by atoms with van der Waals surface area (Å²) in [6, 6.07) is 14.9. The number of nitrogens with zero attached hydrogens (tertiary/aromatic N) is 1. The lowest BCUT2D eigenvalue weighted by Crippen LogP contribution is -2.55. The van der Waals surface area contributed by atoms with E-state index in [1.165, 1.54) is 0 Å². The van der Waals surface area contributed by atoms with Crippen LogP contribution in [0.25, 0.3) is 0 Å². The number of carbonyl (C=O) groups is 3. The molecule has 1 fully saturated rings. The van der Waals surface area contributed by atoms with Gasteiger partial charge in [-0.3, -0.25) is 9.59 Å². The first-order valence-electron chi connectivity index (χ1n) is 13.2. The van der Waals surface area contributed by atoms with E-state index in [2.05, 4.69) is 16.6 Å². The molecule has 7 nitrogen and oxygen atoms in total. The smallest absolute Gasteiger partial charge is 0.408 e. The molecule has 2 N–H and O–H groups in total. The van der Waals surface area contributed by atoms with Crippen molar-refractivity contribution in [1.82, 2.24) is 15.5 Å². The van der Waals surface area contributed by atoms with E-state index in [0.29, 0.717) is 24.1 Å². The van der Waals surface area contributed by atoms with E-state index in [1.54, 1.807) is 49.9 Å². The summed E-state index contributed by atoms with van der Waals surface area (Å²) in [5, 5.41) is 5.81. The molecule has 1 saturated carbocycles. The lowest BCUT2D eigenvalue weighted by molar-refractivity contribution is -0.144. The highest BCUT2D eigenvalue weighted by molar-refractivity contribution is 5.92. The first-order valence-corrected chi connectivity index (χ1v) is 13.2. The highest BCUT2D eigenvalue weighted by Crippen LogP contribution is 2.36. The minimum atomic E-state index is -0.877. The van der Waals surface area contributed by atoms with Crippen LogP contribution >= 0.6 is 0 Å². The Morgan fingerprint density at radius 1 is 1.08 bits per heavy atom. The number of alkyl carbamates (subject to hydrolysis) is 1. The van der Waals surface area contributed by atoms with Crippen LogP contribution in [0.15, 0.2) is 54.6 Å². The Bertz CT molecular complexity index is 1140. The number of hydrogen-bond donors (Lipinski definition) is 2. The molecule has 3 unspecified atom stereocenters. The summed E-state index contributed by atoms with van der Waals surface area (Å²) in [6.45, 7) is 9.53. The van der Waals surface area contributed by atoms with Crippen LogP contribution in [0, 0.1) is 18.3 Å². The zero-order valence-corrected chi connectivity index (χ0v) is 23.0. The summed E-state index contributed by atoms with van der Waals surface area (Å²) in [4.78, 5) is 42.3.